The number of hydrogen-bond acceptors (Lipinski definition) is 3. The van der Waals surface area contributed by atoms with Gasteiger partial charge in [0.1, 0.15) is 6.04 Å². The van der Waals surface area contributed by atoms with Gasteiger partial charge in [0.05, 0.1) is 22.7 Å². The number of nitrogens with one attached hydrogen (secondary N) is 1. The molecule has 1 N–H and O–H groups in total. The number of rotatable bonds is 5. The number of amides is 1. The first kappa shape index (κ1) is 20.4. The fraction of sp³-hybridized carbons (Fsp3) is 0.188. The average Bonchev–Trinajstić information content (AvgIpc) is 2.53. The smallest absolute Gasteiger partial charge is 0.248 e. The Morgan fingerprint density at radius 2 is 1.77 bits per heavy atom. The Balaban J connectivity index is 2.37. The van der Waals surface area contributed by atoms with Gasteiger partial charge in [-0.2, -0.15) is 0 Å². The largest absolute Gasteiger partial charge is 0.323 e. The van der Waals surface area contributed by atoms with Crippen LogP contribution in [0.1, 0.15) is 6.92 Å². The van der Waals surface area contributed by atoms with Gasteiger partial charge in [0.25, 0.3) is 0 Å². The van der Waals surface area contributed by atoms with Crippen molar-refractivity contribution < 1.29 is 22.0 Å². The third-order valence-electron chi connectivity index (χ3n) is 3.43. The number of nitrogens with zero attached hydrogens (tertiary/aromatic N) is 1. The van der Waals surface area contributed by atoms with E-state index >= 15 is 0 Å². The molecule has 1 atom stereocenters. The van der Waals surface area contributed by atoms with Crippen molar-refractivity contribution in [1.29, 1.82) is 0 Å². The molecular formula is C16H14Cl2F2N2O3S. The molecule has 0 saturated carbocycles. The first-order valence-corrected chi connectivity index (χ1v) is 9.81. The van der Waals surface area contributed by atoms with Gasteiger partial charge in [-0.25, -0.2) is 17.2 Å². The maximum Gasteiger partial charge on any atom is 0.248 e. The lowest BCUT2D eigenvalue weighted by Gasteiger charge is -2.28. The lowest BCUT2D eigenvalue weighted by molar-refractivity contribution is -0.116. The van der Waals surface area contributed by atoms with E-state index in [1.807, 2.05) is 0 Å². The molecule has 5 nitrogen and oxygen atoms in total. The zero-order valence-electron chi connectivity index (χ0n) is 13.6. The Bertz CT molecular complexity index is 955. The van der Waals surface area contributed by atoms with Crippen LogP contribution < -0.4 is 9.62 Å². The number of carbonyl (C=O) groups is 1. The van der Waals surface area contributed by atoms with Crippen LogP contribution >= 0.6 is 23.2 Å². The summed E-state index contributed by atoms with van der Waals surface area (Å²) in [5.74, 6) is -3.10. The van der Waals surface area contributed by atoms with E-state index in [1.165, 1.54) is 25.1 Å². The second-order valence-electron chi connectivity index (χ2n) is 5.45. The summed E-state index contributed by atoms with van der Waals surface area (Å²) in [4.78, 5) is 12.5. The molecule has 0 radical (unpaired) electrons. The molecule has 0 unspecified atom stereocenters. The first-order chi connectivity index (χ1) is 12.0. The summed E-state index contributed by atoms with van der Waals surface area (Å²) in [5, 5.41) is 2.99. The van der Waals surface area contributed by atoms with E-state index in [0.717, 1.165) is 18.4 Å². The van der Waals surface area contributed by atoms with Crippen LogP contribution in [0.2, 0.25) is 10.0 Å². The maximum atomic E-state index is 13.5. The van der Waals surface area contributed by atoms with E-state index in [-0.39, 0.29) is 16.4 Å². The van der Waals surface area contributed by atoms with Gasteiger partial charge in [0.2, 0.25) is 15.9 Å². The van der Waals surface area contributed by atoms with Crippen molar-refractivity contribution in [2.45, 2.75) is 13.0 Å². The van der Waals surface area contributed by atoms with Gasteiger partial charge in [-0.1, -0.05) is 23.2 Å². The van der Waals surface area contributed by atoms with Gasteiger partial charge in [-0.15, -0.1) is 0 Å². The molecular weight excluding hydrogens is 409 g/mol. The van der Waals surface area contributed by atoms with Crippen molar-refractivity contribution in [3.8, 4) is 0 Å². The summed E-state index contributed by atoms with van der Waals surface area (Å²) >= 11 is 11.8. The summed E-state index contributed by atoms with van der Waals surface area (Å²) in [7, 11) is -3.98. The van der Waals surface area contributed by atoms with Crippen molar-refractivity contribution in [2.75, 3.05) is 15.9 Å². The molecule has 140 valence electrons. The molecule has 0 saturated heterocycles. The number of anilines is 2. The van der Waals surface area contributed by atoms with Crippen molar-refractivity contribution in [3.63, 3.8) is 0 Å². The van der Waals surface area contributed by atoms with Crippen LogP contribution in [0.4, 0.5) is 20.2 Å². The first-order valence-electron chi connectivity index (χ1n) is 7.21. The van der Waals surface area contributed by atoms with Crippen LogP contribution in [0.15, 0.2) is 36.4 Å². The molecule has 2 rings (SSSR count). The zero-order valence-corrected chi connectivity index (χ0v) is 16.0. The molecule has 0 spiro atoms. The number of hydrogen-bond donors (Lipinski definition) is 1. The van der Waals surface area contributed by atoms with Crippen molar-refractivity contribution in [1.82, 2.24) is 0 Å². The Labute approximate surface area is 159 Å². The van der Waals surface area contributed by atoms with Gasteiger partial charge >= 0.3 is 0 Å². The van der Waals surface area contributed by atoms with Crippen LogP contribution in [0.3, 0.4) is 0 Å². The van der Waals surface area contributed by atoms with E-state index in [2.05, 4.69) is 5.32 Å². The lowest BCUT2D eigenvalue weighted by Crippen LogP contribution is -2.45. The predicted molar refractivity (Wildman–Crippen MR) is 98.2 cm³/mol. The van der Waals surface area contributed by atoms with E-state index in [4.69, 9.17) is 23.2 Å². The van der Waals surface area contributed by atoms with Gasteiger partial charge in [-0.3, -0.25) is 9.10 Å². The molecule has 2 aromatic carbocycles. The molecule has 0 bridgehead atoms. The van der Waals surface area contributed by atoms with Gasteiger partial charge in [0.15, 0.2) is 11.6 Å². The van der Waals surface area contributed by atoms with E-state index in [0.29, 0.717) is 15.4 Å². The van der Waals surface area contributed by atoms with Gasteiger partial charge in [-0.05, 0) is 37.3 Å². The van der Waals surface area contributed by atoms with Crippen LogP contribution in [-0.2, 0) is 14.8 Å². The average molecular weight is 423 g/mol. The second kappa shape index (κ2) is 7.77. The Hall–Kier alpha value is -1.90. The predicted octanol–water partition coefficient (Wildman–Crippen LogP) is 4.06. The highest BCUT2D eigenvalue weighted by molar-refractivity contribution is 7.92. The quantitative estimate of drug-likeness (QED) is 0.789. The number of benzene rings is 2. The minimum absolute atomic E-state index is 0.189. The third kappa shape index (κ3) is 4.63. The summed E-state index contributed by atoms with van der Waals surface area (Å²) in [6.45, 7) is 1.30. The summed E-state index contributed by atoms with van der Waals surface area (Å²) in [6, 6.07) is 5.66. The van der Waals surface area contributed by atoms with Crippen LogP contribution in [-0.4, -0.2) is 26.6 Å². The number of sulfonamides is 1. The van der Waals surface area contributed by atoms with Crippen molar-refractivity contribution in [2.24, 2.45) is 0 Å². The Kier molecular flexibility index (Phi) is 6.10. The minimum Gasteiger partial charge on any atom is -0.323 e. The van der Waals surface area contributed by atoms with Crippen LogP contribution in [0, 0.1) is 11.6 Å². The molecule has 0 heterocycles. The molecule has 0 aromatic heterocycles. The normalized spacial score (nSPS) is 12.5. The summed E-state index contributed by atoms with van der Waals surface area (Å²) in [6.07, 6.45) is 0.852. The highest BCUT2D eigenvalue weighted by Gasteiger charge is 2.30. The zero-order chi connectivity index (χ0) is 19.6. The maximum absolute atomic E-state index is 13.5. The molecule has 26 heavy (non-hydrogen) atoms. The molecule has 0 aliphatic rings. The number of halogens is 4. The van der Waals surface area contributed by atoms with Crippen LogP contribution in [0.5, 0.6) is 0 Å². The number of carbonyl (C=O) groups excluding carboxylic acids is 1. The monoisotopic (exact) mass is 422 g/mol. The summed E-state index contributed by atoms with van der Waals surface area (Å²) < 4.78 is 51.6. The van der Waals surface area contributed by atoms with Crippen LogP contribution in [0.25, 0.3) is 0 Å². The van der Waals surface area contributed by atoms with Gasteiger partial charge < -0.3 is 5.32 Å². The van der Waals surface area contributed by atoms with Crippen molar-refractivity contribution in [3.05, 3.63) is 58.1 Å². The molecule has 0 aliphatic heterocycles. The fourth-order valence-electron chi connectivity index (χ4n) is 2.26. The van der Waals surface area contributed by atoms with E-state index < -0.39 is 33.6 Å². The highest BCUT2D eigenvalue weighted by Crippen LogP contribution is 2.27. The topological polar surface area (TPSA) is 66.5 Å². The molecule has 2 aromatic rings. The van der Waals surface area contributed by atoms with E-state index in [1.54, 1.807) is 0 Å². The highest BCUT2D eigenvalue weighted by atomic mass is 35.5. The van der Waals surface area contributed by atoms with E-state index in [9.17, 15) is 22.0 Å². The lowest BCUT2D eigenvalue weighted by atomic mass is 10.2. The molecule has 0 aliphatic carbocycles. The molecule has 1 amide bonds. The van der Waals surface area contributed by atoms with Crippen molar-refractivity contribution >= 4 is 50.5 Å². The SMILES string of the molecule is C[C@H](C(=O)Nc1cc(Cl)ccc1Cl)N(c1ccc(F)c(F)c1)S(C)(=O)=O. The molecule has 10 heteroatoms. The fourth-order valence-corrected chi connectivity index (χ4v) is 3.76. The summed E-state index contributed by atoms with van der Waals surface area (Å²) in [5.41, 5.74) is 0.000922. The van der Waals surface area contributed by atoms with Gasteiger partial charge in [0, 0.05) is 11.1 Å². The minimum atomic E-state index is -3.98. The second-order valence-corrected chi connectivity index (χ2v) is 8.15. The third-order valence-corrected chi connectivity index (χ3v) is 5.24. The Morgan fingerprint density at radius 3 is 2.35 bits per heavy atom. The Morgan fingerprint density at radius 1 is 1.12 bits per heavy atom. The molecule has 0 fully saturated rings. The standard InChI is InChI=1S/C16H14Cl2F2N2O3S/c1-9(16(23)21-15-7-10(17)3-5-12(15)18)22(26(2,24)25)11-4-6-13(19)14(20)8-11/h3-9H,1-2H3,(H,21,23)/t9-/m1/s1.